The molecule has 0 radical (unpaired) electrons. The normalized spacial score (nSPS) is 31.2. The molecular weight excluding hydrogens is 506 g/mol. The third-order valence-corrected chi connectivity index (χ3v) is 5.61. The lowest BCUT2D eigenvalue weighted by atomic mass is 10.1. The van der Waals surface area contributed by atoms with Crippen LogP contribution in [0.3, 0.4) is 0 Å². The molecule has 2 fully saturated rings. The van der Waals surface area contributed by atoms with Crippen LogP contribution in [-0.4, -0.2) is 126 Å². The number of aliphatic hydroxyl groups excluding tert-OH is 7. The van der Waals surface area contributed by atoms with E-state index in [-0.39, 0.29) is 6.42 Å². The molecule has 10 N–H and O–H groups in total. The van der Waals surface area contributed by atoms with Crippen molar-refractivity contribution >= 4 is 11.9 Å². The number of esters is 1. The van der Waals surface area contributed by atoms with Crippen LogP contribution in [0.15, 0.2) is 11.5 Å². The van der Waals surface area contributed by atoms with Gasteiger partial charge in [0.05, 0.1) is 18.1 Å². The molecule has 1 saturated heterocycles. The Morgan fingerprint density at radius 1 is 1.11 bits per heavy atom. The third kappa shape index (κ3) is 7.78. The molecule has 1 amide bonds. The highest BCUT2D eigenvalue weighted by Crippen LogP contribution is 2.51. The maximum absolute atomic E-state index is 12.1. The zero-order valence-corrected chi connectivity index (χ0v) is 20.4. The van der Waals surface area contributed by atoms with Crippen LogP contribution in [0.4, 0.5) is 0 Å². The lowest BCUT2D eigenvalue weighted by Gasteiger charge is -2.34. The van der Waals surface area contributed by atoms with Crippen molar-refractivity contribution in [3.05, 3.63) is 11.5 Å². The molecule has 0 aromatic carbocycles. The topological polar surface area (TPSA) is 265 Å². The van der Waals surface area contributed by atoms with Gasteiger partial charge in [0.2, 0.25) is 5.91 Å². The quantitative estimate of drug-likeness (QED) is 0.0601. The summed E-state index contributed by atoms with van der Waals surface area (Å²) in [7, 11) is 0. The smallest absolute Gasteiger partial charge is 0.337 e. The van der Waals surface area contributed by atoms with E-state index in [0.29, 0.717) is 0 Å². The van der Waals surface area contributed by atoms with Crippen molar-refractivity contribution in [3.8, 4) is 0 Å². The zero-order valence-electron chi connectivity index (χ0n) is 20.4. The molecule has 0 aromatic heterocycles. The Balaban J connectivity index is 2.41. The second kappa shape index (κ2) is 12.7. The molecule has 10 atom stereocenters. The van der Waals surface area contributed by atoms with Crippen LogP contribution in [0.5, 0.6) is 0 Å². The van der Waals surface area contributed by atoms with Crippen LogP contribution in [0, 0.1) is 5.92 Å². The standard InChI is InChI=1S/C21H35NO15/c1-7(24)6-11(27)35-19(37-18(31)8(2)25)13(22-9(3)26)14(28)10(4-5-23)34-20-16(30)15(29)12-17(36-20)21(12,32)33/h7-8,10-12,15-17,19-20,23-25,27-30,32-33H,4-6H2,1-3H3,(H,22,26)/b14-13-/t7-,8+,10+,11?,12?,15-,16?,17?,19-,20+/m0/s1. The Hall–Kier alpha value is -1.96. The first-order valence-electron chi connectivity index (χ1n) is 11.4. The van der Waals surface area contributed by atoms with Crippen molar-refractivity contribution < 1.29 is 74.5 Å². The van der Waals surface area contributed by atoms with Gasteiger partial charge in [0.25, 0.3) is 6.29 Å². The summed E-state index contributed by atoms with van der Waals surface area (Å²) in [5.41, 5.74) is -0.710. The molecule has 0 aromatic rings. The molecule has 2 aliphatic rings. The summed E-state index contributed by atoms with van der Waals surface area (Å²) < 4.78 is 20.9. The average molecular weight is 542 g/mol. The van der Waals surface area contributed by atoms with Gasteiger partial charge in [-0.3, -0.25) is 4.79 Å². The van der Waals surface area contributed by atoms with Gasteiger partial charge in [0.15, 0.2) is 18.4 Å². The molecule has 1 saturated carbocycles. The van der Waals surface area contributed by atoms with E-state index in [1.165, 1.54) is 6.92 Å². The number of hydrogen-bond acceptors (Lipinski definition) is 15. The van der Waals surface area contributed by atoms with Crippen molar-refractivity contribution in [1.29, 1.82) is 0 Å². The van der Waals surface area contributed by atoms with E-state index >= 15 is 0 Å². The van der Waals surface area contributed by atoms with Gasteiger partial charge in [0.1, 0.15) is 35.9 Å². The first kappa shape index (κ1) is 31.3. The van der Waals surface area contributed by atoms with E-state index in [9.17, 15) is 55.5 Å². The van der Waals surface area contributed by atoms with Crippen LogP contribution < -0.4 is 5.32 Å². The minimum absolute atomic E-state index is 0.389. The first-order valence-corrected chi connectivity index (χ1v) is 11.4. The summed E-state index contributed by atoms with van der Waals surface area (Å²) in [5, 5.41) is 91.8. The second-order valence-corrected chi connectivity index (χ2v) is 8.95. The molecule has 1 heterocycles. The van der Waals surface area contributed by atoms with Gasteiger partial charge in [-0.2, -0.15) is 0 Å². The van der Waals surface area contributed by atoms with E-state index < -0.39 is 104 Å². The summed E-state index contributed by atoms with van der Waals surface area (Å²) in [6, 6.07) is 0. The Morgan fingerprint density at radius 3 is 2.24 bits per heavy atom. The Bertz CT molecular complexity index is 831. The molecule has 1 aliphatic carbocycles. The van der Waals surface area contributed by atoms with Crippen LogP contribution in [0.25, 0.3) is 0 Å². The van der Waals surface area contributed by atoms with Gasteiger partial charge < -0.3 is 70.2 Å². The number of rotatable bonds is 13. The average Bonchev–Trinajstić information content (AvgIpc) is 3.33. The Kier molecular flexibility index (Phi) is 10.8. The third-order valence-electron chi connectivity index (χ3n) is 5.61. The Morgan fingerprint density at radius 2 is 1.73 bits per heavy atom. The van der Waals surface area contributed by atoms with E-state index in [1.54, 1.807) is 0 Å². The number of hydrogen-bond donors (Lipinski definition) is 10. The van der Waals surface area contributed by atoms with Crippen molar-refractivity contribution in [2.45, 2.75) is 94.9 Å². The molecule has 214 valence electrons. The predicted octanol–water partition coefficient (Wildman–Crippen LogP) is -4.23. The summed E-state index contributed by atoms with van der Waals surface area (Å²) in [4.78, 5) is 23.9. The molecule has 16 nitrogen and oxygen atoms in total. The summed E-state index contributed by atoms with van der Waals surface area (Å²) >= 11 is 0. The minimum Gasteiger partial charge on any atom is -0.507 e. The van der Waals surface area contributed by atoms with Gasteiger partial charge in [-0.1, -0.05) is 0 Å². The second-order valence-electron chi connectivity index (χ2n) is 8.95. The highest BCUT2D eigenvalue weighted by Gasteiger charge is 2.73. The number of aliphatic hydroxyl groups is 9. The Labute approximate surface area is 211 Å². The zero-order chi connectivity index (χ0) is 28.2. The summed E-state index contributed by atoms with van der Waals surface area (Å²) in [6.07, 6.45) is -15.7. The first-order chi connectivity index (χ1) is 17.1. The monoisotopic (exact) mass is 541 g/mol. The molecule has 0 bridgehead atoms. The molecule has 4 unspecified atom stereocenters. The van der Waals surface area contributed by atoms with Crippen molar-refractivity contribution in [2.24, 2.45) is 5.92 Å². The molecule has 1 aliphatic heterocycles. The number of carbonyl (C=O) groups excluding carboxylic acids is 2. The molecular formula is C21H35NO15. The largest absolute Gasteiger partial charge is 0.507 e. The van der Waals surface area contributed by atoms with Crippen molar-refractivity contribution in [1.82, 2.24) is 5.32 Å². The number of fused-ring (bicyclic) bond motifs is 1. The fraction of sp³-hybridized carbons (Fsp3) is 0.810. The maximum Gasteiger partial charge on any atom is 0.337 e. The molecule has 0 spiro atoms. The van der Waals surface area contributed by atoms with Gasteiger partial charge in [0, 0.05) is 26.4 Å². The van der Waals surface area contributed by atoms with Crippen LogP contribution >= 0.6 is 0 Å². The highest BCUT2D eigenvalue weighted by atomic mass is 16.7. The van der Waals surface area contributed by atoms with Crippen molar-refractivity contribution in [3.63, 3.8) is 0 Å². The lowest BCUT2D eigenvalue weighted by molar-refractivity contribution is -0.265. The highest BCUT2D eigenvalue weighted by molar-refractivity contribution is 5.76. The minimum atomic E-state index is -2.43. The van der Waals surface area contributed by atoms with Crippen LogP contribution in [0.1, 0.15) is 33.6 Å². The maximum atomic E-state index is 12.1. The van der Waals surface area contributed by atoms with E-state index in [4.69, 9.17) is 18.9 Å². The summed E-state index contributed by atoms with van der Waals surface area (Å²) in [5.74, 6) is -6.71. The fourth-order valence-corrected chi connectivity index (χ4v) is 3.69. The molecule has 16 heteroatoms. The van der Waals surface area contributed by atoms with Gasteiger partial charge in [-0.05, 0) is 13.8 Å². The van der Waals surface area contributed by atoms with Gasteiger partial charge in [-0.15, -0.1) is 0 Å². The van der Waals surface area contributed by atoms with Gasteiger partial charge >= 0.3 is 5.97 Å². The number of carbonyl (C=O) groups is 2. The SMILES string of the molecule is CC(=O)N/C(=C(\O)[C@@H](CCO)O[C@@H]1OC2C([C@H](O)C1O)C2(O)O)[C@H](OC(=O)[C@@H](C)O)OC(O)C[C@H](C)O. The van der Waals surface area contributed by atoms with Gasteiger partial charge in [-0.25, -0.2) is 4.79 Å². The van der Waals surface area contributed by atoms with Crippen LogP contribution in [0.2, 0.25) is 0 Å². The predicted molar refractivity (Wildman–Crippen MR) is 116 cm³/mol. The number of amides is 1. The van der Waals surface area contributed by atoms with E-state index in [0.717, 1.165) is 13.8 Å². The molecule has 37 heavy (non-hydrogen) atoms. The van der Waals surface area contributed by atoms with Crippen LogP contribution in [-0.2, 0) is 28.5 Å². The molecule has 2 rings (SSSR count). The summed E-state index contributed by atoms with van der Waals surface area (Å²) in [6.45, 7) is 2.73. The van der Waals surface area contributed by atoms with E-state index in [1.807, 2.05) is 0 Å². The number of nitrogens with one attached hydrogen (secondary N) is 1. The van der Waals surface area contributed by atoms with Crippen molar-refractivity contribution in [2.75, 3.05) is 6.61 Å². The van der Waals surface area contributed by atoms with E-state index in [2.05, 4.69) is 5.32 Å². The number of ether oxygens (including phenoxy) is 4. The lowest BCUT2D eigenvalue weighted by Crippen LogP contribution is -2.49. The fourth-order valence-electron chi connectivity index (χ4n) is 3.69.